The zero-order valence-corrected chi connectivity index (χ0v) is 25.6. The Kier molecular flexibility index (Phi) is 8.02. The van der Waals surface area contributed by atoms with Crippen molar-refractivity contribution in [2.75, 3.05) is 31.7 Å². The van der Waals surface area contributed by atoms with Crippen LogP contribution in [0.15, 0.2) is 36.4 Å². The van der Waals surface area contributed by atoms with Crippen molar-refractivity contribution >= 4 is 33.2 Å². The lowest BCUT2D eigenvalue weighted by molar-refractivity contribution is -0.0220. The fraction of sp³-hybridized carbons (Fsp3) is 0.594. The number of nitrogens with zero attached hydrogens (tertiary/aromatic N) is 1. The number of fused-ring (bicyclic) bond motifs is 4. The number of rotatable bonds is 1. The number of nitrogens with one attached hydrogen (secondary N) is 1. The molecular formula is C32H41ClN2O5S. The Balaban J connectivity index is 1.41. The molecule has 2 bridgehead atoms. The van der Waals surface area contributed by atoms with E-state index in [1.54, 1.807) is 20.1 Å². The molecule has 7 nitrogen and oxygen atoms in total. The molecule has 2 aliphatic carbocycles. The minimum Gasteiger partial charge on any atom is -0.490 e. The Morgan fingerprint density at radius 3 is 2.68 bits per heavy atom. The highest BCUT2D eigenvalue weighted by molar-refractivity contribution is 7.90. The van der Waals surface area contributed by atoms with E-state index in [1.165, 1.54) is 11.1 Å². The minimum absolute atomic E-state index is 0.161. The third-order valence-corrected chi connectivity index (χ3v) is 12.1. The SMILES string of the molecule is CO[C@H]1CCCC[C@@H](C)S(=O)(=O)NC(=O)c2ccc3c(c2)N(C[C@@H]2CC[C@H]21)C[C@@]1(CCCc2cc(Cl)ccc21)CO3. The lowest BCUT2D eigenvalue weighted by Crippen LogP contribution is -2.49. The number of benzene rings is 2. The van der Waals surface area contributed by atoms with Gasteiger partial charge in [0.15, 0.2) is 0 Å². The maximum absolute atomic E-state index is 13.3. The molecular weight excluding hydrogens is 560 g/mol. The second-order valence-electron chi connectivity index (χ2n) is 12.6. The van der Waals surface area contributed by atoms with Gasteiger partial charge in [-0.3, -0.25) is 4.79 Å². The van der Waals surface area contributed by atoms with Crippen molar-refractivity contribution in [3.05, 3.63) is 58.1 Å². The van der Waals surface area contributed by atoms with Crippen molar-refractivity contribution in [3.63, 3.8) is 0 Å². The molecule has 41 heavy (non-hydrogen) atoms. The quantitative estimate of drug-likeness (QED) is 0.440. The first-order chi connectivity index (χ1) is 19.7. The topological polar surface area (TPSA) is 84.9 Å². The standard InChI is InChI=1S/C32H41ClN2O5S/c1-21-6-3-4-8-29(39-2)26-12-9-24(26)18-35-19-32(15-5-7-22-16-25(33)11-13-27(22)32)20-40-30-14-10-23(17-28(30)35)31(36)34-41(21,37)38/h10-11,13-14,16-17,21,24,26,29H,3-9,12,15,18-20H2,1-2H3,(H,34,36)/t21-,24+,26-,29+,32+/m1/s1. The van der Waals surface area contributed by atoms with E-state index in [0.29, 0.717) is 30.4 Å². The van der Waals surface area contributed by atoms with E-state index >= 15 is 0 Å². The van der Waals surface area contributed by atoms with Gasteiger partial charge in [0, 0.05) is 36.2 Å². The van der Waals surface area contributed by atoms with E-state index in [0.717, 1.165) is 80.9 Å². The number of ether oxygens (including phenoxy) is 2. The van der Waals surface area contributed by atoms with Gasteiger partial charge in [0.2, 0.25) is 10.0 Å². The summed E-state index contributed by atoms with van der Waals surface area (Å²) in [6.07, 6.45) is 8.61. The molecule has 4 aliphatic rings. The molecule has 222 valence electrons. The molecule has 0 radical (unpaired) electrons. The van der Waals surface area contributed by atoms with Crippen LogP contribution in [0.25, 0.3) is 0 Å². The number of halogens is 1. The lowest BCUT2D eigenvalue weighted by Gasteiger charge is -2.46. The van der Waals surface area contributed by atoms with Crippen LogP contribution in [-0.2, 0) is 26.6 Å². The summed E-state index contributed by atoms with van der Waals surface area (Å²) in [7, 11) is -1.99. The molecule has 6 rings (SSSR count). The van der Waals surface area contributed by atoms with Gasteiger partial charge >= 0.3 is 0 Å². The van der Waals surface area contributed by atoms with E-state index in [9.17, 15) is 13.2 Å². The average Bonchev–Trinajstić information content (AvgIpc) is 3.08. The number of amides is 1. The van der Waals surface area contributed by atoms with Crippen molar-refractivity contribution in [1.82, 2.24) is 4.72 Å². The Bertz CT molecular complexity index is 1410. The van der Waals surface area contributed by atoms with Crippen LogP contribution in [0.2, 0.25) is 5.02 Å². The molecule has 1 spiro atoms. The highest BCUT2D eigenvalue weighted by atomic mass is 35.5. The lowest BCUT2D eigenvalue weighted by atomic mass is 9.68. The van der Waals surface area contributed by atoms with Gasteiger partial charge in [-0.25, -0.2) is 13.1 Å². The van der Waals surface area contributed by atoms with Crippen LogP contribution in [0.4, 0.5) is 5.69 Å². The van der Waals surface area contributed by atoms with Gasteiger partial charge in [0.1, 0.15) is 5.75 Å². The smallest absolute Gasteiger partial charge is 0.264 e. The van der Waals surface area contributed by atoms with Crippen LogP contribution in [0, 0.1) is 11.8 Å². The predicted molar refractivity (Wildman–Crippen MR) is 162 cm³/mol. The van der Waals surface area contributed by atoms with Crippen LogP contribution in [0.1, 0.15) is 79.8 Å². The predicted octanol–water partition coefficient (Wildman–Crippen LogP) is 5.88. The van der Waals surface area contributed by atoms with Crippen LogP contribution in [-0.4, -0.2) is 52.5 Å². The minimum atomic E-state index is -3.80. The third-order valence-electron chi connectivity index (χ3n) is 10.1. The molecule has 0 aromatic heterocycles. The number of methoxy groups -OCH3 is 1. The molecule has 2 aromatic rings. The molecule has 9 heteroatoms. The van der Waals surface area contributed by atoms with Gasteiger partial charge in [-0.05, 0) is 105 Å². The van der Waals surface area contributed by atoms with Crippen molar-refractivity contribution in [3.8, 4) is 5.75 Å². The van der Waals surface area contributed by atoms with Gasteiger partial charge in [-0.15, -0.1) is 0 Å². The molecule has 5 atom stereocenters. The average molecular weight is 601 g/mol. The van der Waals surface area contributed by atoms with Crippen LogP contribution in [0.5, 0.6) is 5.75 Å². The normalized spacial score (nSPS) is 31.6. The summed E-state index contributed by atoms with van der Waals surface area (Å²) in [4.78, 5) is 15.7. The number of aryl methyl sites for hydroxylation is 1. The number of anilines is 1. The highest BCUT2D eigenvalue weighted by Crippen LogP contribution is 2.47. The first kappa shape index (κ1) is 28.8. The van der Waals surface area contributed by atoms with Gasteiger partial charge < -0.3 is 14.4 Å². The molecule has 1 amide bonds. The fourth-order valence-electron chi connectivity index (χ4n) is 7.58. The Labute approximate surface area is 249 Å². The highest BCUT2D eigenvalue weighted by Gasteiger charge is 2.44. The zero-order valence-electron chi connectivity index (χ0n) is 24.0. The molecule has 1 saturated carbocycles. The second-order valence-corrected chi connectivity index (χ2v) is 15.2. The molecule has 0 unspecified atom stereocenters. The summed E-state index contributed by atoms with van der Waals surface area (Å²) in [5.74, 6) is 1.07. The Morgan fingerprint density at radius 2 is 1.90 bits per heavy atom. The van der Waals surface area contributed by atoms with Crippen LogP contribution in [0.3, 0.4) is 0 Å². The first-order valence-corrected chi connectivity index (χ1v) is 17.0. The number of carbonyl (C=O) groups excluding carboxylic acids is 1. The van der Waals surface area contributed by atoms with Gasteiger partial charge in [-0.1, -0.05) is 30.5 Å². The van der Waals surface area contributed by atoms with Crippen LogP contribution < -0.4 is 14.4 Å². The van der Waals surface area contributed by atoms with Gasteiger partial charge in [0.25, 0.3) is 5.91 Å². The summed E-state index contributed by atoms with van der Waals surface area (Å²) in [5, 5.41) is 0.101. The van der Waals surface area contributed by atoms with E-state index in [4.69, 9.17) is 21.1 Å². The number of hydrogen-bond donors (Lipinski definition) is 1. The monoisotopic (exact) mass is 600 g/mol. The second kappa shape index (κ2) is 11.4. The maximum Gasteiger partial charge on any atom is 0.264 e. The fourth-order valence-corrected chi connectivity index (χ4v) is 8.83. The molecule has 1 N–H and O–H groups in total. The Hall–Kier alpha value is -2.29. The summed E-state index contributed by atoms with van der Waals surface area (Å²) in [6.45, 7) is 3.81. The van der Waals surface area contributed by atoms with E-state index in [1.807, 2.05) is 18.2 Å². The van der Waals surface area contributed by atoms with E-state index < -0.39 is 21.2 Å². The van der Waals surface area contributed by atoms with Gasteiger partial charge in [-0.2, -0.15) is 0 Å². The first-order valence-electron chi connectivity index (χ1n) is 15.1. The molecule has 0 saturated heterocycles. The van der Waals surface area contributed by atoms with Crippen molar-refractivity contribution < 1.29 is 22.7 Å². The molecule has 1 fully saturated rings. The van der Waals surface area contributed by atoms with Gasteiger partial charge in [0.05, 0.1) is 23.6 Å². The summed E-state index contributed by atoms with van der Waals surface area (Å²) in [6, 6.07) is 11.6. The zero-order chi connectivity index (χ0) is 28.8. The molecule has 2 aromatic carbocycles. The summed E-state index contributed by atoms with van der Waals surface area (Å²) < 4.78 is 41.0. The third kappa shape index (κ3) is 5.59. The maximum atomic E-state index is 13.3. The number of carbonyl (C=O) groups is 1. The number of hydrogen-bond acceptors (Lipinski definition) is 6. The van der Waals surface area contributed by atoms with Crippen molar-refractivity contribution in [2.24, 2.45) is 11.8 Å². The molecule has 2 aliphatic heterocycles. The Morgan fingerprint density at radius 1 is 1.07 bits per heavy atom. The molecule has 2 heterocycles. The summed E-state index contributed by atoms with van der Waals surface area (Å²) in [5.41, 5.74) is 3.55. The van der Waals surface area contributed by atoms with Crippen molar-refractivity contribution in [2.45, 2.75) is 81.5 Å². The van der Waals surface area contributed by atoms with Crippen LogP contribution >= 0.6 is 11.6 Å². The number of sulfonamides is 1. The van der Waals surface area contributed by atoms with E-state index in [-0.39, 0.29) is 11.5 Å². The largest absolute Gasteiger partial charge is 0.490 e. The van der Waals surface area contributed by atoms with E-state index in [2.05, 4.69) is 21.8 Å². The summed E-state index contributed by atoms with van der Waals surface area (Å²) >= 11 is 6.40. The van der Waals surface area contributed by atoms with Crippen molar-refractivity contribution in [1.29, 1.82) is 0 Å².